The third-order valence-corrected chi connectivity index (χ3v) is 5.87. The van der Waals surface area contributed by atoms with E-state index in [-0.39, 0.29) is 18.3 Å². The van der Waals surface area contributed by atoms with Gasteiger partial charge in [-0.15, -0.1) is 0 Å². The first kappa shape index (κ1) is 17.1. The van der Waals surface area contributed by atoms with E-state index < -0.39 is 5.41 Å². The van der Waals surface area contributed by atoms with Crippen molar-refractivity contribution in [1.29, 1.82) is 0 Å². The van der Waals surface area contributed by atoms with Gasteiger partial charge in [-0.2, -0.15) is 0 Å². The largest absolute Gasteiger partial charge is 0.396 e. The minimum absolute atomic E-state index is 0.0183. The third kappa shape index (κ3) is 3.20. The fourth-order valence-corrected chi connectivity index (χ4v) is 4.34. The lowest BCUT2D eigenvalue weighted by Gasteiger charge is -2.27. The number of amides is 1. The van der Waals surface area contributed by atoms with Crippen LogP contribution in [-0.2, 0) is 6.42 Å². The van der Waals surface area contributed by atoms with Gasteiger partial charge in [0.2, 0.25) is 0 Å². The van der Waals surface area contributed by atoms with E-state index in [4.69, 9.17) is 0 Å². The summed E-state index contributed by atoms with van der Waals surface area (Å²) in [5, 5.41) is 10.4. The van der Waals surface area contributed by atoms with Gasteiger partial charge >= 0.3 is 0 Å². The molecule has 5 nitrogen and oxygen atoms in total. The number of aliphatic hydroxyl groups is 1. The third-order valence-electron chi connectivity index (χ3n) is 4.90. The average molecular weight is 371 g/mol. The van der Waals surface area contributed by atoms with Crippen molar-refractivity contribution in [2.75, 3.05) is 19.7 Å². The summed E-state index contributed by atoms with van der Waals surface area (Å²) in [6, 6.07) is 9.95. The number of halogens is 1. The molecule has 0 saturated carbocycles. The monoisotopic (exact) mass is 371 g/mol. The van der Waals surface area contributed by atoms with Gasteiger partial charge in [-0.3, -0.25) is 4.79 Å². The number of benzene rings is 1. The SMILES string of the molecule is O=C(c1nc2cccnc2s1)N1CCC(CO)(Cc2ccc(F)cc2)C1. The van der Waals surface area contributed by atoms with Crippen molar-refractivity contribution in [1.82, 2.24) is 14.9 Å². The highest BCUT2D eigenvalue weighted by atomic mass is 32.1. The molecule has 3 aromatic rings. The van der Waals surface area contributed by atoms with Gasteiger partial charge in [0.1, 0.15) is 16.2 Å². The molecule has 26 heavy (non-hydrogen) atoms. The quantitative estimate of drug-likeness (QED) is 0.766. The van der Waals surface area contributed by atoms with Gasteiger partial charge in [0, 0.05) is 24.7 Å². The molecule has 0 bridgehead atoms. The Morgan fingerprint density at radius 3 is 2.85 bits per heavy atom. The molecule has 1 unspecified atom stereocenters. The summed E-state index contributed by atoms with van der Waals surface area (Å²) >= 11 is 1.29. The summed E-state index contributed by atoms with van der Waals surface area (Å²) in [6.45, 7) is 1.02. The van der Waals surface area contributed by atoms with E-state index in [0.29, 0.717) is 30.9 Å². The number of rotatable bonds is 4. The molecule has 1 N–H and O–H groups in total. The lowest BCUT2D eigenvalue weighted by atomic mass is 9.81. The number of carbonyl (C=O) groups is 1. The highest BCUT2D eigenvalue weighted by molar-refractivity contribution is 7.19. The molecule has 134 valence electrons. The van der Waals surface area contributed by atoms with Crippen LogP contribution in [-0.4, -0.2) is 45.6 Å². The topological polar surface area (TPSA) is 66.3 Å². The summed E-state index contributed by atoms with van der Waals surface area (Å²) in [6.07, 6.45) is 2.99. The van der Waals surface area contributed by atoms with Crippen molar-refractivity contribution < 1.29 is 14.3 Å². The van der Waals surface area contributed by atoms with Crippen LogP contribution in [0.15, 0.2) is 42.6 Å². The van der Waals surface area contributed by atoms with E-state index in [0.717, 1.165) is 15.9 Å². The molecule has 1 atom stereocenters. The number of aliphatic hydroxyl groups excluding tert-OH is 1. The van der Waals surface area contributed by atoms with Crippen LogP contribution in [0.2, 0.25) is 0 Å². The number of thiazole rings is 1. The minimum Gasteiger partial charge on any atom is -0.396 e. The number of pyridine rings is 1. The number of fused-ring (bicyclic) bond motifs is 1. The molecular weight excluding hydrogens is 353 g/mol. The summed E-state index contributed by atoms with van der Waals surface area (Å²) < 4.78 is 13.1. The molecule has 1 aliphatic heterocycles. The second kappa shape index (κ2) is 6.74. The predicted molar refractivity (Wildman–Crippen MR) is 97.6 cm³/mol. The summed E-state index contributed by atoms with van der Waals surface area (Å²) in [7, 11) is 0. The van der Waals surface area contributed by atoms with Gasteiger partial charge in [-0.1, -0.05) is 23.5 Å². The maximum Gasteiger partial charge on any atom is 0.282 e. The normalized spacial score (nSPS) is 20.0. The van der Waals surface area contributed by atoms with Crippen molar-refractivity contribution in [2.24, 2.45) is 5.41 Å². The van der Waals surface area contributed by atoms with Crippen molar-refractivity contribution in [3.63, 3.8) is 0 Å². The summed E-state index contributed by atoms with van der Waals surface area (Å²) in [4.78, 5) is 23.9. The Hall–Kier alpha value is -2.38. The molecule has 1 amide bonds. The van der Waals surface area contributed by atoms with Gasteiger partial charge in [0.25, 0.3) is 5.91 Å². The van der Waals surface area contributed by atoms with Gasteiger partial charge in [-0.05, 0) is 42.7 Å². The summed E-state index contributed by atoms with van der Waals surface area (Å²) in [5.41, 5.74) is 1.28. The number of nitrogens with zero attached hydrogens (tertiary/aromatic N) is 3. The molecule has 7 heteroatoms. The van der Waals surface area contributed by atoms with E-state index >= 15 is 0 Å². The first-order valence-electron chi connectivity index (χ1n) is 8.45. The van der Waals surface area contributed by atoms with E-state index in [1.165, 1.54) is 23.5 Å². The Morgan fingerprint density at radius 2 is 2.12 bits per heavy atom. The fourth-order valence-electron chi connectivity index (χ4n) is 3.47. The summed E-state index contributed by atoms with van der Waals surface area (Å²) in [5.74, 6) is -0.401. The molecule has 1 aromatic carbocycles. The van der Waals surface area contributed by atoms with Crippen molar-refractivity contribution in [2.45, 2.75) is 12.8 Å². The van der Waals surface area contributed by atoms with E-state index in [1.54, 1.807) is 29.3 Å². The minimum atomic E-state index is -0.400. The van der Waals surface area contributed by atoms with Crippen molar-refractivity contribution >= 4 is 27.6 Å². The molecule has 3 heterocycles. The van der Waals surface area contributed by atoms with Gasteiger partial charge in [-0.25, -0.2) is 14.4 Å². The van der Waals surface area contributed by atoms with Crippen LogP contribution < -0.4 is 0 Å². The first-order chi connectivity index (χ1) is 12.6. The average Bonchev–Trinajstić information content (AvgIpc) is 3.28. The number of hydrogen-bond donors (Lipinski definition) is 1. The Labute approximate surface area is 154 Å². The van der Waals surface area contributed by atoms with Crippen LogP contribution in [0.4, 0.5) is 4.39 Å². The van der Waals surface area contributed by atoms with Crippen LogP contribution in [0.3, 0.4) is 0 Å². The smallest absolute Gasteiger partial charge is 0.282 e. The lowest BCUT2D eigenvalue weighted by molar-refractivity contribution is 0.0739. The first-order valence-corrected chi connectivity index (χ1v) is 9.26. The number of carbonyl (C=O) groups excluding carboxylic acids is 1. The Kier molecular flexibility index (Phi) is 4.42. The maximum absolute atomic E-state index is 13.1. The van der Waals surface area contributed by atoms with E-state index in [1.807, 2.05) is 6.07 Å². The Bertz CT molecular complexity index is 910. The van der Waals surface area contributed by atoms with E-state index in [2.05, 4.69) is 9.97 Å². The zero-order valence-corrected chi connectivity index (χ0v) is 14.9. The highest BCUT2D eigenvalue weighted by Crippen LogP contribution is 2.35. The van der Waals surface area contributed by atoms with Crippen LogP contribution in [0.1, 0.15) is 21.8 Å². The number of aromatic nitrogens is 2. The molecular formula is C19H18FN3O2S. The van der Waals surface area contributed by atoms with Crippen LogP contribution in [0.5, 0.6) is 0 Å². The lowest BCUT2D eigenvalue weighted by Crippen LogP contribution is -2.35. The Morgan fingerprint density at radius 1 is 1.31 bits per heavy atom. The molecule has 4 rings (SSSR count). The molecule has 1 fully saturated rings. The van der Waals surface area contributed by atoms with Crippen molar-refractivity contribution in [3.05, 3.63) is 59.0 Å². The molecule has 0 spiro atoms. The van der Waals surface area contributed by atoms with Crippen LogP contribution in [0.25, 0.3) is 10.3 Å². The zero-order chi connectivity index (χ0) is 18.1. The fraction of sp³-hybridized carbons (Fsp3) is 0.316. The highest BCUT2D eigenvalue weighted by Gasteiger charge is 2.40. The number of hydrogen-bond acceptors (Lipinski definition) is 5. The Balaban J connectivity index is 1.52. The van der Waals surface area contributed by atoms with Crippen LogP contribution in [0, 0.1) is 11.2 Å². The van der Waals surface area contributed by atoms with E-state index in [9.17, 15) is 14.3 Å². The molecule has 0 radical (unpaired) electrons. The molecule has 1 aliphatic rings. The standard InChI is InChI=1S/C19H18FN3O2S/c20-14-5-3-13(4-6-14)10-19(12-24)7-9-23(11-19)18(25)17-22-15-2-1-8-21-16(15)26-17/h1-6,8,24H,7,9-12H2. The van der Waals surface area contributed by atoms with Gasteiger partial charge in [0.15, 0.2) is 5.01 Å². The van der Waals surface area contributed by atoms with Crippen LogP contribution >= 0.6 is 11.3 Å². The van der Waals surface area contributed by atoms with Gasteiger partial charge in [0.05, 0.1) is 6.61 Å². The van der Waals surface area contributed by atoms with Crippen molar-refractivity contribution in [3.8, 4) is 0 Å². The second-order valence-corrected chi connectivity index (χ2v) is 7.76. The second-order valence-electron chi connectivity index (χ2n) is 6.78. The molecule has 1 saturated heterocycles. The zero-order valence-electron chi connectivity index (χ0n) is 14.1. The molecule has 2 aromatic heterocycles. The van der Waals surface area contributed by atoms with Gasteiger partial charge < -0.3 is 10.0 Å². The number of likely N-dealkylation sites (tertiary alicyclic amines) is 1. The predicted octanol–water partition coefficient (Wildman–Crippen LogP) is 2.90. The maximum atomic E-state index is 13.1. The molecule has 0 aliphatic carbocycles.